The number of nitrogens with zero attached hydrogens (tertiary/aromatic N) is 2. The first kappa shape index (κ1) is 22.4. The maximum absolute atomic E-state index is 13.5. The topological polar surface area (TPSA) is 62.9 Å². The maximum atomic E-state index is 13.5. The number of amides is 1. The van der Waals surface area contributed by atoms with Crippen molar-refractivity contribution >= 4 is 40.4 Å². The molecule has 34 heavy (non-hydrogen) atoms. The highest BCUT2D eigenvalue weighted by molar-refractivity contribution is 8.18. The number of ketones is 1. The molecular weight excluding hydrogens is 444 g/mol. The van der Waals surface area contributed by atoms with Gasteiger partial charge in [0.05, 0.1) is 10.6 Å². The van der Waals surface area contributed by atoms with E-state index in [1.54, 1.807) is 19.1 Å². The quantitative estimate of drug-likeness (QED) is 0.295. The molecule has 172 valence electrons. The number of benzene rings is 2. The molecule has 0 unspecified atom stereocenters. The molecule has 0 bridgehead atoms. The van der Waals surface area contributed by atoms with E-state index < -0.39 is 0 Å². The molecule has 5 rings (SSSR count). The lowest BCUT2D eigenvalue weighted by molar-refractivity contribution is -0.124. The lowest BCUT2D eigenvalue weighted by Gasteiger charge is -2.30. The number of aliphatic imine (C=N–C) groups is 1. The zero-order valence-electron chi connectivity index (χ0n) is 19.1. The van der Waals surface area contributed by atoms with Crippen molar-refractivity contribution in [3.63, 3.8) is 0 Å². The minimum absolute atomic E-state index is 0.00431. The predicted molar refractivity (Wildman–Crippen MR) is 137 cm³/mol. The van der Waals surface area contributed by atoms with Gasteiger partial charge in [-0.2, -0.15) is 0 Å². The van der Waals surface area contributed by atoms with Gasteiger partial charge >= 0.3 is 0 Å². The van der Waals surface area contributed by atoms with Gasteiger partial charge in [0.1, 0.15) is 11.5 Å². The fourth-order valence-corrected chi connectivity index (χ4v) is 5.46. The third-order valence-corrected chi connectivity index (χ3v) is 7.22. The highest BCUT2D eigenvalue weighted by atomic mass is 32.2. The van der Waals surface area contributed by atoms with E-state index in [2.05, 4.69) is 0 Å². The van der Waals surface area contributed by atoms with Gasteiger partial charge in [0.15, 0.2) is 11.0 Å². The van der Waals surface area contributed by atoms with E-state index in [1.165, 1.54) is 18.2 Å². The summed E-state index contributed by atoms with van der Waals surface area (Å²) in [4.78, 5) is 32.3. The fourth-order valence-electron chi connectivity index (χ4n) is 4.42. The molecule has 3 aromatic rings. The molecule has 2 fully saturated rings. The van der Waals surface area contributed by atoms with Gasteiger partial charge in [-0.3, -0.25) is 14.5 Å². The molecule has 2 aromatic carbocycles. The monoisotopic (exact) mass is 470 g/mol. The Bertz CT molecular complexity index is 1250. The smallest absolute Gasteiger partial charge is 0.267 e. The van der Waals surface area contributed by atoms with Crippen LogP contribution in [-0.4, -0.2) is 27.8 Å². The van der Waals surface area contributed by atoms with Crippen LogP contribution >= 0.6 is 11.8 Å². The van der Waals surface area contributed by atoms with Gasteiger partial charge < -0.3 is 4.42 Å². The largest absolute Gasteiger partial charge is 0.457 e. The summed E-state index contributed by atoms with van der Waals surface area (Å²) in [6.45, 7) is 1.55. The summed E-state index contributed by atoms with van der Waals surface area (Å²) in [7, 11) is 0. The van der Waals surface area contributed by atoms with Gasteiger partial charge in [-0.05, 0) is 55.8 Å². The zero-order valence-corrected chi connectivity index (χ0v) is 19.9. The predicted octanol–water partition coefficient (Wildman–Crippen LogP) is 7.09. The first-order chi connectivity index (χ1) is 16.6. The van der Waals surface area contributed by atoms with Crippen LogP contribution in [0.5, 0.6) is 0 Å². The highest BCUT2D eigenvalue weighted by Gasteiger charge is 2.38. The van der Waals surface area contributed by atoms with Crippen molar-refractivity contribution in [2.75, 3.05) is 0 Å². The molecule has 0 spiro atoms. The number of furan rings is 1. The number of carbonyl (C=O) groups is 2. The average molecular weight is 471 g/mol. The number of rotatable bonds is 5. The summed E-state index contributed by atoms with van der Waals surface area (Å²) in [5, 5.41) is 0.737. The van der Waals surface area contributed by atoms with Gasteiger partial charge in [0, 0.05) is 23.2 Å². The Morgan fingerprint density at radius 1 is 1.00 bits per heavy atom. The van der Waals surface area contributed by atoms with Crippen molar-refractivity contribution < 1.29 is 14.0 Å². The van der Waals surface area contributed by atoms with Crippen molar-refractivity contribution in [1.29, 1.82) is 0 Å². The van der Waals surface area contributed by atoms with Crippen LogP contribution in [0.3, 0.4) is 0 Å². The molecule has 1 amide bonds. The van der Waals surface area contributed by atoms with E-state index in [4.69, 9.17) is 9.41 Å². The Morgan fingerprint density at radius 3 is 2.44 bits per heavy atom. The number of para-hydroxylation sites is 1. The third-order valence-electron chi connectivity index (χ3n) is 6.23. The molecule has 5 nitrogen and oxygen atoms in total. The number of thioether (sulfide) groups is 1. The standard InChI is InChI=1S/C28H26N2O3S/c1-19(31)20-12-14-21(15-13-20)25-17-16-24(33-25)18-26-27(32)30(23-10-6-3-7-11-23)28(34-26)29-22-8-4-2-5-9-22/h2,4-5,8-9,12-18,23H,3,6-7,10-11H2,1H3/b26-18-,29-28?. The number of carbonyl (C=O) groups excluding carboxylic acids is 2. The molecular formula is C28H26N2O3S. The molecule has 0 N–H and O–H groups in total. The van der Waals surface area contributed by atoms with Crippen LogP contribution < -0.4 is 0 Å². The van der Waals surface area contributed by atoms with Crippen molar-refractivity contribution in [3.8, 4) is 11.3 Å². The normalized spacial score (nSPS) is 19.3. The lowest BCUT2D eigenvalue weighted by Crippen LogP contribution is -2.40. The summed E-state index contributed by atoms with van der Waals surface area (Å²) in [5.74, 6) is 1.34. The highest BCUT2D eigenvalue weighted by Crippen LogP contribution is 2.39. The van der Waals surface area contributed by atoms with Crippen LogP contribution in [0.1, 0.15) is 55.1 Å². The Kier molecular flexibility index (Phi) is 6.50. The van der Waals surface area contributed by atoms with E-state index in [9.17, 15) is 9.59 Å². The maximum Gasteiger partial charge on any atom is 0.267 e. The van der Waals surface area contributed by atoms with Crippen LogP contribution in [-0.2, 0) is 4.79 Å². The summed E-state index contributed by atoms with van der Waals surface area (Å²) >= 11 is 1.41. The Balaban J connectivity index is 1.43. The second-order valence-corrected chi connectivity index (χ2v) is 9.65. The van der Waals surface area contributed by atoms with Gasteiger partial charge in [0.2, 0.25) is 0 Å². The summed E-state index contributed by atoms with van der Waals surface area (Å²) in [6.07, 6.45) is 7.33. The summed E-state index contributed by atoms with van der Waals surface area (Å²) in [6, 6.07) is 21.1. The van der Waals surface area contributed by atoms with E-state index in [0.29, 0.717) is 22.0 Å². The molecule has 1 aromatic heterocycles. The Morgan fingerprint density at radius 2 is 1.74 bits per heavy atom. The van der Waals surface area contributed by atoms with E-state index in [1.807, 2.05) is 65.6 Å². The SMILES string of the molecule is CC(=O)c1ccc(-c2ccc(/C=C3\SC(=Nc4ccccc4)N(C4CCCCC4)C3=O)o2)cc1. The average Bonchev–Trinajstić information content (AvgIpc) is 3.45. The second kappa shape index (κ2) is 9.85. The summed E-state index contributed by atoms with van der Waals surface area (Å²) < 4.78 is 6.03. The zero-order chi connectivity index (χ0) is 23.5. The van der Waals surface area contributed by atoms with Gasteiger partial charge in [-0.25, -0.2) is 4.99 Å². The third kappa shape index (κ3) is 4.77. The Hall–Kier alpha value is -3.38. The minimum atomic E-state index is -0.00431. The Labute approximate surface area is 203 Å². The molecule has 2 heterocycles. The summed E-state index contributed by atoms with van der Waals surface area (Å²) in [5.41, 5.74) is 2.39. The number of amidine groups is 1. The van der Waals surface area contributed by atoms with E-state index in [-0.39, 0.29) is 17.7 Å². The van der Waals surface area contributed by atoms with Crippen LogP contribution in [0.15, 0.2) is 81.0 Å². The molecule has 6 heteroatoms. The number of hydrogen-bond donors (Lipinski definition) is 0. The van der Waals surface area contributed by atoms with Gasteiger partial charge in [0.25, 0.3) is 5.91 Å². The van der Waals surface area contributed by atoms with E-state index in [0.717, 1.165) is 42.1 Å². The molecule has 1 aliphatic heterocycles. The molecule has 1 aliphatic carbocycles. The number of hydrogen-bond acceptors (Lipinski definition) is 5. The molecule has 0 radical (unpaired) electrons. The molecule has 1 saturated carbocycles. The van der Waals surface area contributed by atoms with Crippen LogP contribution in [0.4, 0.5) is 5.69 Å². The van der Waals surface area contributed by atoms with Gasteiger partial charge in [-0.15, -0.1) is 0 Å². The minimum Gasteiger partial charge on any atom is -0.457 e. The number of Topliss-reactive ketones (excluding diaryl/α,β-unsaturated/α-hetero) is 1. The van der Waals surface area contributed by atoms with Gasteiger partial charge in [-0.1, -0.05) is 61.7 Å². The van der Waals surface area contributed by atoms with Crippen LogP contribution in [0.2, 0.25) is 0 Å². The molecule has 0 atom stereocenters. The van der Waals surface area contributed by atoms with Crippen molar-refractivity contribution in [3.05, 3.63) is 83.0 Å². The first-order valence-electron chi connectivity index (χ1n) is 11.7. The van der Waals surface area contributed by atoms with Crippen molar-refractivity contribution in [1.82, 2.24) is 4.90 Å². The van der Waals surface area contributed by atoms with Crippen molar-refractivity contribution in [2.45, 2.75) is 45.1 Å². The second-order valence-electron chi connectivity index (χ2n) is 8.64. The first-order valence-corrected chi connectivity index (χ1v) is 12.5. The van der Waals surface area contributed by atoms with Crippen LogP contribution in [0.25, 0.3) is 17.4 Å². The van der Waals surface area contributed by atoms with Crippen molar-refractivity contribution in [2.24, 2.45) is 4.99 Å². The van der Waals surface area contributed by atoms with E-state index >= 15 is 0 Å². The lowest BCUT2D eigenvalue weighted by atomic mass is 9.94. The molecule has 2 aliphatic rings. The van der Waals surface area contributed by atoms with Crippen LogP contribution in [0, 0.1) is 0 Å². The molecule has 1 saturated heterocycles. The fraction of sp³-hybridized carbons (Fsp3) is 0.250.